The number of nitro benzene ring substituents is 2. The van der Waals surface area contributed by atoms with E-state index in [0.29, 0.717) is 79.0 Å². The van der Waals surface area contributed by atoms with Crippen molar-refractivity contribution in [3.05, 3.63) is 44.5 Å². The van der Waals surface area contributed by atoms with Crippen LogP contribution in [0, 0.1) is 20.2 Å². The molecule has 2 amide bonds. The summed E-state index contributed by atoms with van der Waals surface area (Å²) in [5.41, 5.74) is -0.753. The average Bonchev–Trinajstić information content (AvgIpc) is 3.23. The maximum atomic E-state index is 13.7. The Morgan fingerprint density at radius 1 is 0.500 bits per heavy atom. The zero-order valence-electron chi connectivity index (χ0n) is 32.8. The van der Waals surface area contributed by atoms with Crippen LogP contribution in [0.5, 0.6) is 23.0 Å². The lowest BCUT2D eigenvalue weighted by molar-refractivity contribution is -0.386. The molecule has 0 spiro atoms. The number of hydrogen-bond acceptors (Lipinski definition) is 17. The van der Waals surface area contributed by atoms with E-state index in [1.165, 1.54) is 24.3 Å². The molecule has 4 heterocycles. The molecule has 6 rings (SSSR count). The number of nitro groups is 2. The van der Waals surface area contributed by atoms with E-state index in [0.717, 1.165) is 52.4 Å². The van der Waals surface area contributed by atoms with Gasteiger partial charge >= 0.3 is 17.4 Å². The van der Waals surface area contributed by atoms with Gasteiger partial charge in [0.2, 0.25) is 11.5 Å². The number of benzene rings is 2. The maximum Gasteiger partial charge on any atom is 0.323 e. The molecule has 21 heteroatoms. The minimum absolute atomic E-state index is 0.000872. The fourth-order valence-corrected chi connectivity index (χ4v) is 6.76. The smallest absolute Gasteiger partial charge is 0.323 e. The summed E-state index contributed by atoms with van der Waals surface area (Å²) in [6.07, 6.45) is 0. The van der Waals surface area contributed by atoms with Gasteiger partial charge in [0.1, 0.15) is 37.9 Å². The fourth-order valence-electron chi connectivity index (χ4n) is 6.76. The monoisotopic (exact) mass is 818 g/mol. The quantitative estimate of drug-likeness (QED) is 0.144. The zero-order chi connectivity index (χ0) is 40.5. The SMILES string of the molecule is O=C(Nc1cc([N+](=O)[O-])c(OCCN2CCOCC2)cc1OCCN1CCOCC1)Nc1cc([N+](=O)[O-])c(OCCN2CCOCC2)cc1OCCN1CCOCC1. The molecule has 0 radical (unpaired) electrons. The number of carbonyl (C=O) groups is 1. The molecule has 2 N–H and O–H groups in total. The lowest BCUT2D eigenvalue weighted by atomic mass is 10.2. The second kappa shape index (κ2) is 22.5. The molecule has 4 aliphatic heterocycles. The first-order valence-electron chi connectivity index (χ1n) is 19.8. The first kappa shape index (κ1) is 43.0. The molecule has 0 saturated carbocycles. The molecule has 0 bridgehead atoms. The summed E-state index contributed by atoms with van der Waals surface area (Å²) in [4.78, 5) is 45.8. The van der Waals surface area contributed by atoms with E-state index < -0.39 is 15.9 Å². The Morgan fingerprint density at radius 2 is 0.776 bits per heavy atom. The number of hydrogen-bond donors (Lipinski definition) is 2. The standard InChI is InChI=1S/C37H54N8O13/c46-37(38-29-25-31(44(47)48)35(57-23-11-42-5-17-53-18-6-42)27-33(29)55-21-9-40-1-13-51-14-2-40)39-30-26-32(45(49)50)36(58-24-12-43-7-19-54-20-8-43)28-34(30)56-22-10-41-3-15-52-16-4-41/h25-28H,1-24H2,(H2,38,39,46). The molecule has 0 atom stereocenters. The van der Waals surface area contributed by atoms with E-state index in [1.54, 1.807) is 0 Å². The normalized spacial score (nSPS) is 18.6. The van der Waals surface area contributed by atoms with Crippen LogP contribution in [-0.4, -0.2) is 193 Å². The van der Waals surface area contributed by atoms with Crippen LogP contribution in [0.25, 0.3) is 0 Å². The van der Waals surface area contributed by atoms with Crippen LogP contribution >= 0.6 is 0 Å². The van der Waals surface area contributed by atoms with Crippen LogP contribution in [0.3, 0.4) is 0 Å². The Bertz CT molecular complexity index is 1530. The summed E-state index contributed by atoms with van der Waals surface area (Å²) in [6, 6.07) is 4.32. The van der Waals surface area contributed by atoms with E-state index in [2.05, 4.69) is 30.2 Å². The van der Waals surface area contributed by atoms with Gasteiger partial charge in [0, 0.05) is 103 Å². The van der Waals surface area contributed by atoms with Crippen LogP contribution in [0.1, 0.15) is 0 Å². The van der Waals surface area contributed by atoms with Gasteiger partial charge in [-0.2, -0.15) is 0 Å². The Labute approximate surface area is 336 Å². The van der Waals surface area contributed by atoms with Crippen LogP contribution in [0.15, 0.2) is 24.3 Å². The molecule has 21 nitrogen and oxygen atoms in total. The number of nitrogens with one attached hydrogen (secondary N) is 2. The summed E-state index contributed by atoms with van der Waals surface area (Å²) in [6.45, 7) is 13.6. The van der Waals surface area contributed by atoms with Crippen LogP contribution < -0.4 is 29.6 Å². The molecule has 4 aliphatic rings. The van der Waals surface area contributed by atoms with E-state index in [4.69, 9.17) is 37.9 Å². The number of morpholine rings is 4. The van der Waals surface area contributed by atoms with Gasteiger partial charge in [-0.25, -0.2) is 4.79 Å². The van der Waals surface area contributed by atoms with Crippen LogP contribution in [-0.2, 0) is 18.9 Å². The van der Waals surface area contributed by atoms with Crippen molar-refractivity contribution in [3.63, 3.8) is 0 Å². The molecule has 0 aliphatic carbocycles. The average molecular weight is 819 g/mol. The highest BCUT2D eigenvalue weighted by Crippen LogP contribution is 2.40. The third-order valence-electron chi connectivity index (χ3n) is 10.1. The number of amides is 2. The summed E-state index contributed by atoms with van der Waals surface area (Å²) < 4.78 is 45.8. The second-order valence-electron chi connectivity index (χ2n) is 13.9. The molecule has 4 saturated heterocycles. The largest absolute Gasteiger partial charge is 0.490 e. The van der Waals surface area contributed by atoms with Crippen LogP contribution in [0.2, 0.25) is 0 Å². The van der Waals surface area contributed by atoms with Crippen molar-refractivity contribution in [2.45, 2.75) is 0 Å². The minimum atomic E-state index is -0.846. The van der Waals surface area contributed by atoms with Crippen molar-refractivity contribution in [2.75, 3.05) is 168 Å². The number of nitrogens with zero attached hydrogens (tertiary/aromatic N) is 6. The van der Waals surface area contributed by atoms with Crippen molar-refractivity contribution in [3.8, 4) is 23.0 Å². The lowest BCUT2D eigenvalue weighted by Gasteiger charge is -2.27. The summed E-state index contributed by atoms with van der Waals surface area (Å²) in [7, 11) is 0. The molecule has 0 unspecified atom stereocenters. The van der Waals surface area contributed by atoms with E-state index in [1.807, 2.05) is 0 Å². The molecule has 4 fully saturated rings. The number of anilines is 2. The highest BCUT2D eigenvalue weighted by Gasteiger charge is 2.26. The second-order valence-corrected chi connectivity index (χ2v) is 13.9. The molecule has 58 heavy (non-hydrogen) atoms. The summed E-state index contributed by atoms with van der Waals surface area (Å²) in [5, 5.41) is 29.9. The Balaban J connectivity index is 1.20. The predicted molar refractivity (Wildman–Crippen MR) is 210 cm³/mol. The van der Waals surface area contributed by atoms with Crippen molar-refractivity contribution < 1.29 is 52.5 Å². The maximum absolute atomic E-state index is 13.7. The third kappa shape index (κ3) is 13.2. The van der Waals surface area contributed by atoms with Gasteiger partial charge < -0.3 is 48.5 Å². The number of ether oxygens (including phenoxy) is 8. The van der Waals surface area contributed by atoms with E-state index in [-0.39, 0.29) is 72.2 Å². The van der Waals surface area contributed by atoms with Crippen molar-refractivity contribution in [1.82, 2.24) is 19.6 Å². The van der Waals surface area contributed by atoms with Gasteiger partial charge in [0.15, 0.2) is 0 Å². The molecule has 320 valence electrons. The molecular formula is C37H54N8O13. The Morgan fingerprint density at radius 3 is 1.05 bits per heavy atom. The topological polar surface area (TPSA) is 214 Å². The fraction of sp³-hybridized carbons (Fsp3) is 0.649. The van der Waals surface area contributed by atoms with Gasteiger partial charge in [-0.05, 0) is 0 Å². The highest BCUT2D eigenvalue weighted by molar-refractivity contribution is 6.02. The summed E-state index contributed by atoms with van der Waals surface area (Å²) in [5.74, 6) is 0.266. The first-order valence-corrected chi connectivity index (χ1v) is 19.8. The van der Waals surface area contributed by atoms with Crippen molar-refractivity contribution in [2.24, 2.45) is 0 Å². The molecular weight excluding hydrogens is 764 g/mol. The van der Waals surface area contributed by atoms with Crippen LogP contribution in [0.4, 0.5) is 27.5 Å². The van der Waals surface area contributed by atoms with Crippen molar-refractivity contribution in [1.29, 1.82) is 0 Å². The van der Waals surface area contributed by atoms with E-state index in [9.17, 15) is 25.0 Å². The highest BCUT2D eigenvalue weighted by atomic mass is 16.6. The van der Waals surface area contributed by atoms with Gasteiger partial charge in [0.05, 0.1) is 74.1 Å². The van der Waals surface area contributed by atoms with Gasteiger partial charge in [-0.3, -0.25) is 39.8 Å². The molecule has 0 aromatic heterocycles. The molecule has 2 aromatic carbocycles. The zero-order valence-corrected chi connectivity index (χ0v) is 32.8. The lowest BCUT2D eigenvalue weighted by Crippen LogP contribution is -2.38. The Hall–Kier alpha value is -4.61. The van der Waals surface area contributed by atoms with Gasteiger partial charge in [0.25, 0.3) is 0 Å². The number of urea groups is 1. The van der Waals surface area contributed by atoms with Crippen molar-refractivity contribution >= 4 is 28.8 Å². The number of carbonyl (C=O) groups excluding carboxylic acids is 1. The number of rotatable bonds is 20. The minimum Gasteiger partial charge on any atom is -0.490 e. The van der Waals surface area contributed by atoms with Gasteiger partial charge in [-0.1, -0.05) is 0 Å². The Kier molecular flexibility index (Phi) is 16.7. The summed E-state index contributed by atoms with van der Waals surface area (Å²) >= 11 is 0. The molecule has 2 aromatic rings. The first-order chi connectivity index (χ1) is 28.3. The van der Waals surface area contributed by atoms with E-state index >= 15 is 0 Å². The van der Waals surface area contributed by atoms with Gasteiger partial charge in [-0.15, -0.1) is 0 Å². The third-order valence-corrected chi connectivity index (χ3v) is 10.1. The predicted octanol–water partition coefficient (Wildman–Crippen LogP) is 1.99.